The molecule has 0 radical (unpaired) electrons. The van der Waals surface area contributed by atoms with Gasteiger partial charge in [-0.25, -0.2) is 4.98 Å². The number of aromatic nitrogens is 3. The van der Waals surface area contributed by atoms with Crippen LogP contribution >= 0.6 is 0 Å². The molecule has 0 saturated carbocycles. The zero-order valence-corrected chi connectivity index (χ0v) is 10.2. The summed E-state index contributed by atoms with van der Waals surface area (Å²) in [4.78, 5) is 7.73. The highest BCUT2D eigenvalue weighted by Crippen LogP contribution is 2.22. The number of aryl methyl sites for hydroxylation is 1. The van der Waals surface area contributed by atoms with Crippen molar-refractivity contribution in [2.24, 2.45) is 0 Å². The lowest BCUT2D eigenvalue weighted by atomic mass is 10.1. The first kappa shape index (κ1) is 11.5. The van der Waals surface area contributed by atoms with Crippen LogP contribution in [0.3, 0.4) is 0 Å². The Morgan fingerprint density at radius 2 is 1.84 bits per heavy atom. The fraction of sp³-hybridized carbons (Fsp3) is 0.0714. The highest BCUT2D eigenvalue weighted by atomic mass is 18.2. The lowest BCUT2D eigenvalue weighted by Gasteiger charge is -1.94. The second-order valence-corrected chi connectivity index (χ2v) is 4.16. The molecule has 0 amide bonds. The maximum absolute atomic E-state index is 13.0. The van der Waals surface area contributed by atoms with Gasteiger partial charge in [0.15, 0.2) is 0 Å². The minimum Gasteiger partial charge on any atom is -0.334 e. The van der Waals surface area contributed by atoms with Crippen molar-refractivity contribution >= 4 is 0 Å². The summed E-state index contributed by atoms with van der Waals surface area (Å²) in [6.45, 7) is 2.01. The van der Waals surface area contributed by atoms with E-state index in [4.69, 9.17) is 4.52 Å². The molecule has 2 aromatic heterocycles. The number of halogens is 1. The van der Waals surface area contributed by atoms with Gasteiger partial charge >= 0.3 is 0 Å². The maximum atomic E-state index is 13.0. The van der Waals surface area contributed by atoms with E-state index in [0.29, 0.717) is 11.4 Å². The first-order valence-corrected chi connectivity index (χ1v) is 5.75. The smallest absolute Gasteiger partial charge is 0.258 e. The molecule has 0 fully saturated rings. The lowest BCUT2D eigenvalue weighted by Crippen LogP contribution is -1.84. The van der Waals surface area contributed by atoms with Gasteiger partial charge in [0.25, 0.3) is 5.89 Å². The summed E-state index contributed by atoms with van der Waals surface area (Å²) in [5.41, 5.74) is 2.53. The fourth-order valence-corrected chi connectivity index (χ4v) is 1.70. The van der Waals surface area contributed by atoms with Crippen LogP contribution in [0.2, 0.25) is 0 Å². The van der Waals surface area contributed by atoms with E-state index in [1.165, 1.54) is 12.3 Å². The minimum atomic E-state index is -0.576. The summed E-state index contributed by atoms with van der Waals surface area (Å²) in [7, 11) is 0. The first-order chi connectivity index (χ1) is 9.22. The molecule has 3 rings (SSSR count). The Hall–Kier alpha value is -2.56. The van der Waals surface area contributed by atoms with Crippen molar-refractivity contribution in [3.05, 3.63) is 54.1 Å². The van der Waals surface area contributed by atoms with Crippen molar-refractivity contribution in [2.45, 2.75) is 6.92 Å². The third-order valence-electron chi connectivity index (χ3n) is 2.71. The van der Waals surface area contributed by atoms with Crippen LogP contribution in [0.4, 0.5) is 4.39 Å². The van der Waals surface area contributed by atoms with Crippen LogP contribution in [0, 0.1) is 12.9 Å². The quantitative estimate of drug-likeness (QED) is 0.659. The number of rotatable bonds is 2. The van der Waals surface area contributed by atoms with E-state index in [2.05, 4.69) is 15.1 Å². The molecule has 0 saturated heterocycles. The summed E-state index contributed by atoms with van der Waals surface area (Å²) in [5, 5.41) is 3.89. The normalized spacial score (nSPS) is 10.6. The van der Waals surface area contributed by atoms with Crippen molar-refractivity contribution in [3.63, 3.8) is 0 Å². The molecule has 0 bridgehead atoms. The minimum absolute atomic E-state index is 0.275. The number of hydrogen-bond donors (Lipinski definition) is 0. The Labute approximate surface area is 108 Å². The van der Waals surface area contributed by atoms with Crippen LogP contribution in [-0.2, 0) is 0 Å². The largest absolute Gasteiger partial charge is 0.334 e. The predicted molar refractivity (Wildman–Crippen MR) is 67.7 cm³/mol. The highest BCUT2D eigenvalue weighted by Gasteiger charge is 2.11. The molecule has 0 aliphatic heterocycles. The Morgan fingerprint density at radius 1 is 1.05 bits per heavy atom. The van der Waals surface area contributed by atoms with Crippen molar-refractivity contribution in [1.29, 1.82) is 0 Å². The Kier molecular flexibility index (Phi) is 2.79. The van der Waals surface area contributed by atoms with Gasteiger partial charge in [0.1, 0.15) is 0 Å². The van der Waals surface area contributed by atoms with Gasteiger partial charge in [0, 0.05) is 23.4 Å². The first-order valence-electron chi connectivity index (χ1n) is 5.75. The van der Waals surface area contributed by atoms with Crippen molar-refractivity contribution in [2.75, 3.05) is 0 Å². The van der Waals surface area contributed by atoms with Crippen molar-refractivity contribution in [1.82, 2.24) is 15.1 Å². The van der Waals surface area contributed by atoms with Crippen LogP contribution < -0.4 is 0 Å². The van der Waals surface area contributed by atoms with Crippen LogP contribution in [0.15, 0.2) is 47.1 Å². The van der Waals surface area contributed by atoms with E-state index in [0.717, 1.165) is 11.1 Å². The molecule has 3 aromatic rings. The standard InChI is InChI=1S/C14H10FN3O/c1-9-2-4-10(5-3-9)13-17-14(19-18-13)11-6-7-16-12(15)8-11/h2-8H,1H3/i15-1. The predicted octanol–water partition coefficient (Wildman–Crippen LogP) is 3.25. The summed E-state index contributed by atoms with van der Waals surface area (Å²) in [5.74, 6) is 0.177. The van der Waals surface area contributed by atoms with Gasteiger partial charge in [0.05, 0.1) is 0 Å². The van der Waals surface area contributed by atoms with Crippen LogP contribution in [0.25, 0.3) is 22.8 Å². The molecule has 0 N–H and O–H groups in total. The summed E-state index contributed by atoms with van der Waals surface area (Å²) >= 11 is 0. The number of nitrogens with zero attached hydrogens (tertiary/aromatic N) is 3. The SMILES string of the molecule is Cc1ccc(-c2noc(-c3ccnc([18F])c3)n2)cc1. The number of benzene rings is 1. The number of pyridine rings is 1. The average Bonchev–Trinajstić information content (AvgIpc) is 2.89. The highest BCUT2D eigenvalue weighted by molar-refractivity contribution is 5.59. The van der Waals surface area contributed by atoms with Gasteiger partial charge < -0.3 is 4.52 Å². The molecule has 2 heterocycles. The van der Waals surface area contributed by atoms with E-state index >= 15 is 0 Å². The summed E-state index contributed by atoms with van der Waals surface area (Å²) in [6, 6.07) is 10.6. The van der Waals surface area contributed by atoms with E-state index in [-0.39, 0.29) is 5.89 Å². The molecule has 0 aliphatic rings. The molecule has 0 spiro atoms. The molecule has 4 nitrogen and oxygen atoms in total. The molecule has 0 atom stereocenters. The second-order valence-electron chi connectivity index (χ2n) is 4.16. The third kappa shape index (κ3) is 2.35. The van der Waals surface area contributed by atoms with Gasteiger partial charge in [-0.3, -0.25) is 0 Å². The molecule has 0 unspecified atom stereocenters. The second kappa shape index (κ2) is 4.61. The lowest BCUT2D eigenvalue weighted by molar-refractivity contribution is 0.432. The van der Waals surface area contributed by atoms with E-state index in [1.807, 2.05) is 31.2 Å². The van der Waals surface area contributed by atoms with Gasteiger partial charge in [-0.15, -0.1) is 0 Å². The molecule has 1 aromatic carbocycles. The topological polar surface area (TPSA) is 51.8 Å². The molecule has 19 heavy (non-hydrogen) atoms. The van der Waals surface area contributed by atoms with Gasteiger partial charge in [-0.05, 0) is 13.0 Å². The monoisotopic (exact) mass is 254 g/mol. The Bertz CT molecular complexity index is 707. The average molecular weight is 254 g/mol. The zero-order chi connectivity index (χ0) is 13.2. The molecule has 94 valence electrons. The van der Waals surface area contributed by atoms with E-state index < -0.39 is 5.95 Å². The Balaban J connectivity index is 1.97. The van der Waals surface area contributed by atoms with Crippen LogP contribution in [0.5, 0.6) is 0 Å². The van der Waals surface area contributed by atoms with E-state index in [1.54, 1.807) is 6.07 Å². The van der Waals surface area contributed by atoms with Gasteiger partial charge in [-0.2, -0.15) is 9.37 Å². The van der Waals surface area contributed by atoms with Gasteiger partial charge in [0.2, 0.25) is 11.8 Å². The molecular weight excluding hydrogens is 244 g/mol. The van der Waals surface area contributed by atoms with Crippen molar-refractivity contribution < 1.29 is 8.91 Å². The molecular formula is C14H10FN3O. The van der Waals surface area contributed by atoms with Crippen molar-refractivity contribution in [3.8, 4) is 22.8 Å². The van der Waals surface area contributed by atoms with E-state index in [9.17, 15) is 4.39 Å². The Morgan fingerprint density at radius 3 is 2.58 bits per heavy atom. The molecule has 5 heteroatoms. The van der Waals surface area contributed by atoms with Crippen LogP contribution in [0.1, 0.15) is 5.56 Å². The summed E-state index contributed by atoms with van der Waals surface area (Å²) in [6.07, 6.45) is 1.36. The van der Waals surface area contributed by atoms with Crippen LogP contribution in [-0.4, -0.2) is 15.1 Å². The maximum Gasteiger partial charge on any atom is 0.258 e. The zero-order valence-electron chi connectivity index (χ0n) is 10.2. The van der Waals surface area contributed by atoms with Gasteiger partial charge in [-0.1, -0.05) is 35.0 Å². The molecule has 0 aliphatic carbocycles. The fourth-order valence-electron chi connectivity index (χ4n) is 1.70. The number of hydrogen-bond acceptors (Lipinski definition) is 4. The third-order valence-corrected chi connectivity index (χ3v) is 2.71. The summed E-state index contributed by atoms with van der Waals surface area (Å²) < 4.78 is 18.2.